The number of carbonyl (C=O) groups is 1. The molecule has 5 heteroatoms. The fraction of sp³-hybridized carbons (Fsp3) is 0.240. The second-order valence-corrected chi connectivity index (χ2v) is 7.51. The molecule has 3 aromatic carbocycles. The summed E-state index contributed by atoms with van der Waals surface area (Å²) in [4.78, 5) is 17.4. The summed E-state index contributed by atoms with van der Waals surface area (Å²) in [7, 11) is 1.59. The minimum absolute atomic E-state index is 0.0398. The Morgan fingerprint density at radius 3 is 1.97 bits per heavy atom. The van der Waals surface area contributed by atoms with Gasteiger partial charge in [0.25, 0.3) is 5.91 Å². The normalized spacial score (nSPS) is 14.7. The molecule has 5 nitrogen and oxygen atoms in total. The zero-order valence-corrected chi connectivity index (χ0v) is 17.2. The van der Waals surface area contributed by atoms with E-state index in [0.29, 0.717) is 30.1 Å². The molecule has 0 unspecified atom stereocenters. The number of nitrogens with zero attached hydrogens (tertiary/aromatic N) is 2. The molecule has 1 saturated heterocycles. The first-order chi connectivity index (χ1) is 14.7. The lowest BCUT2D eigenvalue weighted by Crippen LogP contribution is -2.50. The van der Waals surface area contributed by atoms with E-state index in [4.69, 9.17) is 10.5 Å². The number of nitrogen functional groups attached to an aromatic ring is 1. The van der Waals surface area contributed by atoms with Crippen LogP contribution in [-0.2, 0) is 0 Å². The predicted molar refractivity (Wildman–Crippen MR) is 120 cm³/mol. The third-order valence-electron chi connectivity index (χ3n) is 5.69. The molecular formula is C25H27N3O2. The van der Waals surface area contributed by atoms with Crippen LogP contribution in [0.3, 0.4) is 0 Å². The molecule has 30 heavy (non-hydrogen) atoms. The van der Waals surface area contributed by atoms with Gasteiger partial charge in [-0.2, -0.15) is 0 Å². The van der Waals surface area contributed by atoms with Crippen molar-refractivity contribution < 1.29 is 9.53 Å². The lowest BCUT2D eigenvalue weighted by atomic mass is 9.96. The van der Waals surface area contributed by atoms with E-state index in [0.717, 1.165) is 13.1 Å². The molecule has 0 atom stereocenters. The molecule has 0 aliphatic carbocycles. The monoisotopic (exact) mass is 401 g/mol. The summed E-state index contributed by atoms with van der Waals surface area (Å²) in [6, 6.07) is 26.5. The molecule has 1 heterocycles. The van der Waals surface area contributed by atoms with Gasteiger partial charge in [0, 0.05) is 31.9 Å². The maximum absolute atomic E-state index is 13.1. The molecule has 4 rings (SSSR count). The highest BCUT2D eigenvalue weighted by molar-refractivity contribution is 5.99. The van der Waals surface area contributed by atoms with Gasteiger partial charge in [-0.05, 0) is 29.3 Å². The molecule has 0 spiro atoms. The van der Waals surface area contributed by atoms with Gasteiger partial charge >= 0.3 is 0 Å². The zero-order chi connectivity index (χ0) is 20.9. The summed E-state index contributed by atoms with van der Waals surface area (Å²) in [5.41, 5.74) is 9.58. The molecular weight excluding hydrogens is 374 g/mol. The van der Waals surface area contributed by atoms with Crippen molar-refractivity contribution in [3.8, 4) is 5.75 Å². The van der Waals surface area contributed by atoms with Crippen molar-refractivity contribution in [1.82, 2.24) is 9.80 Å². The second kappa shape index (κ2) is 9.01. The Hall–Kier alpha value is -3.31. The van der Waals surface area contributed by atoms with Crippen LogP contribution in [-0.4, -0.2) is 49.0 Å². The van der Waals surface area contributed by atoms with Gasteiger partial charge in [-0.25, -0.2) is 0 Å². The van der Waals surface area contributed by atoms with Crippen molar-refractivity contribution in [1.29, 1.82) is 0 Å². The van der Waals surface area contributed by atoms with Crippen LogP contribution in [0.5, 0.6) is 5.75 Å². The van der Waals surface area contributed by atoms with Gasteiger partial charge in [-0.1, -0.05) is 60.7 Å². The Morgan fingerprint density at radius 1 is 0.867 bits per heavy atom. The van der Waals surface area contributed by atoms with Gasteiger partial charge in [-0.15, -0.1) is 0 Å². The van der Waals surface area contributed by atoms with Crippen LogP contribution in [0.25, 0.3) is 0 Å². The Kier molecular flexibility index (Phi) is 6.00. The molecule has 2 N–H and O–H groups in total. The number of carbonyl (C=O) groups excluding carboxylic acids is 1. The lowest BCUT2D eigenvalue weighted by Gasteiger charge is -2.40. The van der Waals surface area contributed by atoms with Crippen LogP contribution >= 0.6 is 0 Å². The smallest absolute Gasteiger partial charge is 0.256 e. The number of benzene rings is 3. The summed E-state index contributed by atoms with van der Waals surface area (Å²) in [5.74, 6) is 0.599. The minimum Gasteiger partial charge on any atom is -0.497 e. The Labute approximate surface area is 177 Å². The number of piperazine rings is 1. The van der Waals surface area contributed by atoms with Crippen LogP contribution in [0.2, 0.25) is 0 Å². The first-order valence-electron chi connectivity index (χ1n) is 10.2. The van der Waals surface area contributed by atoms with Gasteiger partial charge in [0.1, 0.15) is 5.75 Å². The van der Waals surface area contributed by atoms with Crippen molar-refractivity contribution in [3.63, 3.8) is 0 Å². The summed E-state index contributed by atoms with van der Waals surface area (Å²) in [6.45, 7) is 2.91. The molecule has 0 radical (unpaired) electrons. The van der Waals surface area contributed by atoms with Gasteiger partial charge in [0.15, 0.2) is 0 Å². The summed E-state index contributed by atoms with van der Waals surface area (Å²) >= 11 is 0. The van der Waals surface area contributed by atoms with Gasteiger partial charge in [0.2, 0.25) is 0 Å². The fourth-order valence-corrected chi connectivity index (χ4v) is 4.09. The maximum Gasteiger partial charge on any atom is 0.256 e. The highest BCUT2D eigenvalue weighted by Gasteiger charge is 2.29. The van der Waals surface area contributed by atoms with Crippen molar-refractivity contribution in [2.75, 3.05) is 39.0 Å². The lowest BCUT2D eigenvalue weighted by molar-refractivity contribution is 0.0598. The molecule has 1 aliphatic rings. The number of nitrogens with two attached hydrogens (primary N) is 1. The summed E-state index contributed by atoms with van der Waals surface area (Å²) in [6.07, 6.45) is 0. The number of hydrogen-bond donors (Lipinski definition) is 1. The minimum atomic E-state index is -0.0398. The van der Waals surface area contributed by atoms with Crippen molar-refractivity contribution >= 4 is 11.6 Å². The molecule has 3 aromatic rings. The highest BCUT2D eigenvalue weighted by atomic mass is 16.5. The Bertz CT molecular complexity index is 944. The zero-order valence-electron chi connectivity index (χ0n) is 17.2. The molecule has 0 bridgehead atoms. The standard InChI is InChI=1S/C25H27N3O2/c1-30-21-12-13-23(26)22(18-21)25(29)28-16-14-27(15-17-28)24(19-8-4-2-5-9-19)20-10-6-3-7-11-20/h2-13,18,24H,14-17,26H2,1H3. The third kappa shape index (κ3) is 4.16. The van der Waals surface area contributed by atoms with E-state index in [1.807, 2.05) is 17.0 Å². The van der Waals surface area contributed by atoms with Gasteiger partial charge < -0.3 is 15.4 Å². The first-order valence-corrected chi connectivity index (χ1v) is 10.2. The highest BCUT2D eigenvalue weighted by Crippen LogP contribution is 2.30. The molecule has 154 valence electrons. The van der Waals surface area contributed by atoms with Crippen LogP contribution in [0, 0.1) is 0 Å². The number of anilines is 1. The Morgan fingerprint density at radius 2 is 1.43 bits per heavy atom. The van der Waals surface area contributed by atoms with E-state index in [1.165, 1.54) is 11.1 Å². The van der Waals surface area contributed by atoms with Crippen LogP contribution in [0.4, 0.5) is 5.69 Å². The largest absolute Gasteiger partial charge is 0.497 e. The Balaban J connectivity index is 1.52. The molecule has 1 aliphatic heterocycles. The van der Waals surface area contributed by atoms with Crippen molar-refractivity contribution in [2.45, 2.75) is 6.04 Å². The number of methoxy groups -OCH3 is 1. The van der Waals surface area contributed by atoms with E-state index in [9.17, 15) is 4.79 Å². The topological polar surface area (TPSA) is 58.8 Å². The van der Waals surface area contributed by atoms with E-state index in [-0.39, 0.29) is 11.9 Å². The average Bonchev–Trinajstić information content (AvgIpc) is 2.81. The average molecular weight is 402 g/mol. The van der Waals surface area contributed by atoms with Crippen molar-refractivity contribution in [2.24, 2.45) is 0 Å². The van der Waals surface area contributed by atoms with E-state index < -0.39 is 0 Å². The SMILES string of the molecule is COc1ccc(N)c(C(=O)N2CCN(C(c3ccccc3)c3ccccc3)CC2)c1. The van der Waals surface area contributed by atoms with E-state index >= 15 is 0 Å². The molecule has 1 fully saturated rings. The fourth-order valence-electron chi connectivity index (χ4n) is 4.09. The van der Waals surface area contributed by atoms with Crippen LogP contribution < -0.4 is 10.5 Å². The quantitative estimate of drug-likeness (QED) is 0.660. The van der Waals surface area contributed by atoms with Gasteiger partial charge in [0.05, 0.1) is 18.7 Å². The first kappa shape index (κ1) is 20.0. The number of rotatable bonds is 5. The predicted octanol–water partition coefficient (Wildman–Crippen LogP) is 3.82. The maximum atomic E-state index is 13.1. The van der Waals surface area contributed by atoms with E-state index in [1.54, 1.807) is 25.3 Å². The van der Waals surface area contributed by atoms with Crippen LogP contribution in [0.15, 0.2) is 78.9 Å². The summed E-state index contributed by atoms with van der Waals surface area (Å²) in [5, 5.41) is 0. The molecule has 0 aromatic heterocycles. The second-order valence-electron chi connectivity index (χ2n) is 7.51. The molecule has 1 amide bonds. The van der Waals surface area contributed by atoms with Crippen LogP contribution in [0.1, 0.15) is 27.5 Å². The number of amides is 1. The number of ether oxygens (including phenoxy) is 1. The third-order valence-corrected chi connectivity index (χ3v) is 5.69. The van der Waals surface area contributed by atoms with Gasteiger partial charge in [-0.3, -0.25) is 9.69 Å². The van der Waals surface area contributed by atoms with Crippen molar-refractivity contribution in [3.05, 3.63) is 95.6 Å². The molecule has 0 saturated carbocycles. The van der Waals surface area contributed by atoms with E-state index in [2.05, 4.69) is 53.4 Å². The number of hydrogen-bond acceptors (Lipinski definition) is 4. The summed E-state index contributed by atoms with van der Waals surface area (Å²) < 4.78 is 5.26.